The Morgan fingerprint density at radius 1 is 1.24 bits per heavy atom. The molecule has 2 N–H and O–H groups in total. The fourth-order valence-corrected chi connectivity index (χ4v) is 2.26. The van der Waals surface area contributed by atoms with E-state index in [1.807, 2.05) is 6.07 Å². The first-order valence-corrected chi connectivity index (χ1v) is 6.53. The van der Waals surface area contributed by atoms with Gasteiger partial charge in [0.1, 0.15) is 5.82 Å². The standard InChI is InChI=1S/C13H22N4/c1-10(2)8-11-9-12(14)16-13(15-11)17-6-4-3-5-7-17/h9-10H,3-8H2,1-2H3,(H2,14,15,16). The molecule has 0 radical (unpaired) electrons. The van der Waals surface area contributed by atoms with Crippen molar-refractivity contribution in [1.82, 2.24) is 9.97 Å². The molecule has 0 unspecified atom stereocenters. The van der Waals surface area contributed by atoms with Crippen LogP contribution < -0.4 is 10.6 Å². The molecule has 1 fully saturated rings. The van der Waals surface area contributed by atoms with E-state index in [-0.39, 0.29) is 0 Å². The summed E-state index contributed by atoms with van der Waals surface area (Å²) in [6.45, 7) is 6.51. The van der Waals surface area contributed by atoms with Crippen LogP contribution in [-0.2, 0) is 6.42 Å². The minimum Gasteiger partial charge on any atom is -0.384 e. The zero-order valence-electron chi connectivity index (χ0n) is 10.8. The number of rotatable bonds is 3. The SMILES string of the molecule is CC(C)Cc1cc(N)nc(N2CCCCC2)n1. The summed E-state index contributed by atoms with van der Waals surface area (Å²) >= 11 is 0. The van der Waals surface area contributed by atoms with Crippen LogP contribution in [0.4, 0.5) is 11.8 Å². The number of nitrogens with two attached hydrogens (primary N) is 1. The largest absolute Gasteiger partial charge is 0.384 e. The summed E-state index contributed by atoms with van der Waals surface area (Å²) in [6, 6.07) is 1.90. The van der Waals surface area contributed by atoms with E-state index in [9.17, 15) is 0 Å². The number of aromatic nitrogens is 2. The monoisotopic (exact) mass is 234 g/mol. The van der Waals surface area contributed by atoms with Gasteiger partial charge in [-0.25, -0.2) is 4.98 Å². The number of nitrogens with zero attached hydrogens (tertiary/aromatic N) is 3. The molecule has 1 saturated heterocycles. The molecule has 1 aromatic rings. The van der Waals surface area contributed by atoms with Crippen molar-refractivity contribution >= 4 is 11.8 Å². The lowest BCUT2D eigenvalue weighted by Crippen LogP contribution is -2.31. The highest BCUT2D eigenvalue weighted by Gasteiger charge is 2.15. The van der Waals surface area contributed by atoms with E-state index >= 15 is 0 Å². The summed E-state index contributed by atoms with van der Waals surface area (Å²) in [5, 5.41) is 0. The normalized spacial score (nSPS) is 16.5. The molecule has 2 heterocycles. The lowest BCUT2D eigenvalue weighted by Gasteiger charge is -2.27. The molecule has 0 atom stereocenters. The van der Waals surface area contributed by atoms with Crippen LogP contribution >= 0.6 is 0 Å². The molecule has 0 aromatic carbocycles. The van der Waals surface area contributed by atoms with Gasteiger partial charge in [-0.2, -0.15) is 4.98 Å². The summed E-state index contributed by atoms with van der Waals surface area (Å²) in [7, 11) is 0. The van der Waals surface area contributed by atoms with Gasteiger partial charge in [0.05, 0.1) is 0 Å². The van der Waals surface area contributed by atoms with Gasteiger partial charge < -0.3 is 10.6 Å². The maximum atomic E-state index is 5.86. The van der Waals surface area contributed by atoms with Gasteiger partial charge in [-0.1, -0.05) is 13.8 Å². The van der Waals surface area contributed by atoms with Gasteiger partial charge in [0.2, 0.25) is 5.95 Å². The van der Waals surface area contributed by atoms with Crippen LogP contribution in [0.25, 0.3) is 0 Å². The molecule has 0 amide bonds. The average Bonchev–Trinajstić information content (AvgIpc) is 2.28. The summed E-state index contributed by atoms with van der Waals surface area (Å²) < 4.78 is 0. The highest BCUT2D eigenvalue weighted by atomic mass is 15.3. The fraction of sp³-hybridized carbons (Fsp3) is 0.692. The molecule has 2 rings (SSSR count). The van der Waals surface area contributed by atoms with Crippen LogP contribution in [0.5, 0.6) is 0 Å². The second kappa shape index (κ2) is 5.34. The second-order valence-corrected chi connectivity index (χ2v) is 5.23. The van der Waals surface area contributed by atoms with Crippen molar-refractivity contribution in [1.29, 1.82) is 0 Å². The summed E-state index contributed by atoms with van der Waals surface area (Å²) in [4.78, 5) is 11.2. The minimum absolute atomic E-state index is 0.594. The molecule has 0 bridgehead atoms. The number of anilines is 2. The fourth-order valence-electron chi connectivity index (χ4n) is 2.26. The number of hydrogen-bond acceptors (Lipinski definition) is 4. The summed E-state index contributed by atoms with van der Waals surface area (Å²) in [5.74, 6) is 2.01. The van der Waals surface area contributed by atoms with E-state index in [4.69, 9.17) is 5.73 Å². The van der Waals surface area contributed by atoms with Crippen LogP contribution in [0, 0.1) is 5.92 Å². The highest BCUT2D eigenvalue weighted by molar-refractivity contribution is 5.40. The maximum absolute atomic E-state index is 5.86. The molecule has 0 spiro atoms. The van der Waals surface area contributed by atoms with Gasteiger partial charge in [0.25, 0.3) is 0 Å². The van der Waals surface area contributed by atoms with Crippen molar-refractivity contribution in [3.05, 3.63) is 11.8 Å². The molecule has 1 aliphatic rings. The van der Waals surface area contributed by atoms with E-state index in [0.717, 1.165) is 31.2 Å². The zero-order valence-corrected chi connectivity index (χ0v) is 10.8. The van der Waals surface area contributed by atoms with Crippen LogP contribution in [0.3, 0.4) is 0 Å². The Bertz CT molecular complexity index is 370. The molecular formula is C13H22N4. The third-order valence-electron chi connectivity index (χ3n) is 3.04. The Hall–Kier alpha value is -1.32. The van der Waals surface area contributed by atoms with Crippen molar-refractivity contribution in [2.45, 2.75) is 39.5 Å². The van der Waals surface area contributed by atoms with Crippen LogP contribution in [-0.4, -0.2) is 23.1 Å². The zero-order chi connectivity index (χ0) is 12.3. The molecule has 0 saturated carbocycles. The van der Waals surface area contributed by atoms with Crippen LogP contribution in [0.1, 0.15) is 38.8 Å². The molecule has 94 valence electrons. The van der Waals surface area contributed by atoms with Crippen molar-refractivity contribution in [3.8, 4) is 0 Å². The molecule has 4 heteroatoms. The Balaban J connectivity index is 2.18. The highest BCUT2D eigenvalue weighted by Crippen LogP contribution is 2.18. The predicted molar refractivity (Wildman–Crippen MR) is 71.1 cm³/mol. The average molecular weight is 234 g/mol. The van der Waals surface area contributed by atoms with Crippen molar-refractivity contribution in [2.75, 3.05) is 23.7 Å². The lowest BCUT2D eigenvalue weighted by molar-refractivity contribution is 0.565. The van der Waals surface area contributed by atoms with Crippen LogP contribution in [0.2, 0.25) is 0 Å². The first kappa shape index (κ1) is 12.1. The number of piperidine rings is 1. The minimum atomic E-state index is 0.594. The Kier molecular flexibility index (Phi) is 3.82. The van der Waals surface area contributed by atoms with Gasteiger partial charge >= 0.3 is 0 Å². The van der Waals surface area contributed by atoms with E-state index < -0.39 is 0 Å². The molecule has 0 aliphatic carbocycles. The van der Waals surface area contributed by atoms with Crippen molar-refractivity contribution in [2.24, 2.45) is 5.92 Å². The number of nitrogen functional groups attached to an aromatic ring is 1. The third-order valence-corrected chi connectivity index (χ3v) is 3.04. The maximum Gasteiger partial charge on any atom is 0.227 e. The smallest absolute Gasteiger partial charge is 0.227 e. The molecular weight excluding hydrogens is 212 g/mol. The topological polar surface area (TPSA) is 55.0 Å². The predicted octanol–water partition coefficient (Wildman–Crippen LogP) is 2.25. The van der Waals surface area contributed by atoms with Gasteiger partial charge in [0.15, 0.2) is 0 Å². The van der Waals surface area contributed by atoms with E-state index in [2.05, 4.69) is 28.7 Å². The molecule has 17 heavy (non-hydrogen) atoms. The third kappa shape index (κ3) is 3.32. The quantitative estimate of drug-likeness (QED) is 0.871. The van der Waals surface area contributed by atoms with Gasteiger partial charge in [0, 0.05) is 24.8 Å². The lowest BCUT2D eigenvalue weighted by atomic mass is 10.1. The summed E-state index contributed by atoms with van der Waals surface area (Å²) in [5.41, 5.74) is 6.93. The Morgan fingerprint density at radius 2 is 1.94 bits per heavy atom. The first-order chi connectivity index (χ1) is 8.15. The Labute approximate surface area is 103 Å². The Morgan fingerprint density at radius 3 is 2.59 bits per heavy atom. The van der Waals surface area contributed by atoms with Gasteiger partial charge in [-0.05, 0) is 31.6 Å². The molecule has 4 nitrogen and oxygen atoms in total. The van der Waals surface area contributed by atoms with E-state index in [1.54, 1.807) is 0 Å². The molecule has 1 aromatic heterocycles. The van der Waals surface area contributed by atoms with E-state index in [1.165, 1.54) is 19.3 Å². The first-order valence-electron chi connectivity index (χ1n) is 6.53. The van der Waals surface area contributed by atoms with E-state index in [0.29, 0.717) is 11.7 Å². The van der Waals surface area contributed by atoms with Crippen molar-refractivity contribution in [3.63, 3.8) is 0 Å². The van der Waals surface area contributed by atoms with Crippen molar-refractivity contribution < 1.29 is 0 Å². The number of hydrogen-bond donors (Lipinski definition) is 1. The molecule has 1 aliphatic heterocycles. The second-order valence-electron chi connectivity index (χ2n) is 5.23. The van der Waals surface area contributed by atoms with Gasteiger partial charge in [-0.15, -0.1) is 0 Å². The van der Waals surface area contributed by atoms with Crippen LogP contribution in [0.15, 0.2) is 6.07 Å². The summed E-state index contributed by atoms with van der Waals surface area (Å²) in [6.07, 6.45) is 4.75. The van der Waals surface area contributed by atoms with Gasteiger partial charge in [-0.3, -0.25) is 0 Å².